The third kappa shape index (κ3) is 4.85. The predicted octanol–water partition coefficient (Wildman–Crippen LogP) is 4.76. The Morgan fingerprint density at radius 2 is 1.90 bits per heavy atom. The minimum absolute atomic E-state index is 0.0795. The van der Waals surface area contributed by atoms with E-state index in [4.69, 9.17) is 4.98 Å². The third-order valence-corrected chi connectivity index (χ3v) is 6.96. The molecule has 2 heterocycles. The first-order chi connectivity index (χ1) is 14.8. The van der Waals surface area contributed by atoms with E-state index in [1.54, 1.807) is 16.3 Å². The zero-order valence-electron chi connectivity index (χ0n) is 17.4. The summed E-state index contributed by atoms with van der Waals surface area (Å²) >= 11 is 2.78. The number of carbonyl (C=O) groups excluding carboxylic acids is 1. The number of carbonyl (C=O) groups is 1. The highest BCUT2D eigenvalue weighted by Crippen LogP contribution is 2.35. The van der Waals surface area contributed by atoms with E-state index in [0.717, 1.165) is 28.9 Å². The number of rotatable bonds is 5. The molecule has 0 radical (unpaired) electrons. The van der Waals surface area contributed by atoms with Crippen molar-refractivity contribution in [2.75, 3.05) is 11.1 Å². The van der Waals surface area contributed by atoms with Crippen molar-refractivity contribution in [3.8, 4) is 5.69 Å². The number of nitrogens with zero attached hydrogens (tertiary/aromatic N) is 2. The highest BCUT2D eigenvalue weighted by atomic mass is 32.2. The van der Waals surface area contributed by atoms with Gasteiger partial charge < -0.3 is 5.32 Å². The van der Waals surface area contributed by atoms with Gasteiger partial charge in [0, 0.05) is 17.4 Å². The molecule has 31 heavy (non-hydrogen) atoms. The number of halogens is 1. The van der Waals surface area contributed by atoms with E-state index in [0.29, 0.717) is 21.0 Å². The van der Waals surface area contributed by atoms with E-state index in [1.807, 2.05) is 26.0 Å². The molecule has 1 unspecified atom stereocenters. The Bertz CT molecular complexity index is 1190. The van der Waals surface area contributed by atoms with Crippen LogP contribution < -0.4 is 10.9 Å². The Kier molecular flexibility index (Phi) is 6.20. The molecule has 3 aromatic rings. The molecule has 1 aliphatic rings. The van der Waals surface area contributed by atoms with Crippen LogP contribution in [0.3, 0.4) is 0 Å². The summed E-state index contributed by atoms with van der Waals surface area (Å²) in [6.07, 6.45) is 0.734. The maximum Gasteiger partial charge on any atom is 0.272 e. The molecule has 0 saturated heterocycles. The van der Waals surface area contributed by atoms with E-state index in [2.05, 4.69) is 18.3 Å². The van der Waals surface area contributed by atoms with Crippen molar-refractivity contribution in [2.24, 2.45) is 0 Å². The van der Waals surface area contributed by atoms with E-state index >= 15 is 0 Å². The van der Waals surface area contributed by atoms with Gasteiger partial charge in [-0.3, -0.25) is 14.2 Å². The van der Waals surface area contributed by atoms with Crippen molar-refractivity contribution in [3.63, 3.8) is 0 Å². The van der Waals surface area contributed by atoms with E-state index in [1.165, 1.54) is 36.0 Å². The lowest BCUT2D eigenvalue weighted by atomic mass is 10.1. The van der Waals surface area contributed by atoms with Gasteiger partial charge in [-0.1, -0.05) is 24.8 Å². The van der Waals surface area contributed by atoms with Gasteiger partial charge in [-0.15, -0.1) is 11.8 Å². The summed E-state index contributed by atoms with van der Waals surface area (Å²) in [5.41, 5.74) is 4.07. The molecule has 1 amide bonds. The van der Waals surface area contributed by atoms with Crippen molar-refractivity contribution in [2.45, 2.75) is 42.5 Å². The zero-order valence-corrected chi connectivity index (χ0v) is 19.1. The first kappa shape index (κ1) is 21.6. The second kappa shape index (κ2) is 8.88. The average Bonchev–Trinajstić information content (AvgIpc) is 3.08. The molecule has 0 fully saturated rings. The maximum atomic E-state index is 13.4. The van der Waals surface area contributed by atoms with Crippen LogP contribution in [-0.4, -0.2) is 26.5 Å². The van der Waals surface area contributed by atoms with Gasteiger partial charge in [0.1, 0.15) is 5.82 Å². The maximum absolute atomic E-state index is 13.4. The topological polar surface area (TPSA) is 64.0 Å². The van der Waals surface area contributed by atoms with Crippen LogP contribution in [-0.2, 0) is 11.2 Å². The number of aromatic nitrogens is 2. The van der Waals surface area contributed by atoms with Gasteiger partial charge in [0.25, 0.3) is 5.56 Å². The van der Waals surface area contributed by atoms with E-state index in [9.17, 15) is 14.0 Å². The highest BCUT2D eigenvalue weighted by molar-refractivity contribution is 8.00. The Hall–Kier alpha value is -2.58. The fraction of sp³-hybridized carbons (Fsp3) is 0.261. The quantitative estimate of drug-likeness (QED) is 0.444. The minimum Gasteiger partial charge on any atom is -0.325 e. The summed E-state index contributed by atoms with van der Waals surface area (Å²) in [7, 11) is 0. The first-order valence-corrected chi connectivity index (χ1v) is 11.8. The van der Waals surface area contributed by atoms with Gasteiger partial charge in [-0.05, 0) is 61.4 Å². The number of amides is 1. The summed E-state index contributed by atoms with van der Waals surface area (Å²) in [6.45, 7) is 6.06. The van der Waals surface area contributed by atoms with Crippen molar-refractivity contribution in [1.29, 1.82) is 0 Å². The normalized spacial score (nSPS) is 15.0. The van der Waals surface area contributed by atoms with Crippen LogP contribution in [0.1, 0.15) is 23.7 Å². The lowest BCUT2D eigenvalue weighted by Gasteiger charge is -2.15. The van der Waals surface area contributed by atoms with Crippen molar-refractivity contribution in [1.82, 2.24) is 9.55 Å². The minimum atomic E-state index is -0.362. The van der Waals surface area contributed by atoms with Crippen LogP contribution in [0.15, 0.2) is 57.3 Å². The number of fused-ring (bicyclic) bond motifs is 1. The summed E-state index contributed by atoms with van der Waals surface area (Å²) in [4.78, 5) is 31.3. The molecule has 1 atom stereocenters. The molecular formula is C23H22FN3O2S2. The van der Waals surface area contributed by atoms with Crippen molar-refractivity contribution in [3.05, 3.63) is 75.5 Å². The van der Waals surface area contributed by atoms with Gasteiger partial charge in [-0.2, -0.15) is 0 Å². The van der Waals surface area contributed by atoms with Crippen molar-refractivity contribution >= 4 is 35.1 Å². The standard InChI is InChI=1S/C23H22FN3O2S2/c1-13-8-14(2)10-18(9-13)27-22(29)21-19(11-15(3)31-21)26-23(27)30-12-20(28)25-17-6-4-16(24)5-7-17/h4-10,15H,11-12H2,1-3H3,(H,25,28). The molecule has 1 aromatic heterocycles. The summed E-state index contributed by atoms with van der Waals surface area (Å²) in [5, 5.41) is 3.54. The van der Waals surface area contributed by atoms with E-state index in [-0.39, 0.29) is 23.0 Å². The van der Waals surface area contributed by atoms with Crippen LogP contribution in [0.4, 0.5) is 10.1 Å². The number of hydrogen-bond acceptors (Lipinski definition) is 5. The SMILES string of the molecule is Cc1cc(C)cc(-n2c(SCC(=O)Nc3ccc(F)cc3)nc3c(c2=O)SC(C)C3)c1. The molecule has 1 N–H and O–H groups in total. The van der Waals surface area contributed by atoms with Gasteiger partial charge in [0.2, 0.25) is 5.91 Å². The second-order valence-corrected chi connectivity index (χ2v) is 10.0. The molecule has 0 saturated carbocycles. The van der Waals surface area contributed by atoms with Crippen LogP contribution in [0.5, 0.6) is 0 Å². The molecule has 0 spiro atoms. The molecular weight excluding hydrogens is 433 g/mol. The molecule has 160 valence electrons. The fourth-order valence-corrected chi connectivity index (χ4v) is 5.49. The van der Waals surface area contributed by atoms with Crippen LogP contribution in [0.25, 0.3) is 5.69 Å². The second-order valence-electron chi connectivity index (χ2n) is 7.63. The molecule has 0 bridgehead atoms. The molecule has 5 nitrogen and oxygen atoms in total. The molecule has 1 aliphatic heterocycles. The molecule has 8 heteroatoms. The fourth-order valence-electron chi connectivity index (χ4n) is 3.56. The Morgan fingerprint density at radius 3 is 2.58 bits per heavy atom. The largest absolute Gasteiger partial charge is 0.325 e. The highest BCUT2D eigenvalue weighted by Gasteiger charge is 2.27. The monoisotopic (exact) mass is 455 g/mol. The Balaban J connectivity index is 1.65. The Morgan fingerprint density at radius 1 is 1.23 bits per heavy atom. The number of benzene rings is 2. The lowest BCUT2D eigenvalue weighted by Crippen LogP contribution is -2.25. The average molecular weight is 456 g/mol. The van der Waals surface area contributed by atoms with Crippen LogP contribution in [0, 0.1) is 19.7 Å². The van der Waals surface area contributed by atoms with Gasteiger partial charge in [0.15, 0.2) is 5.16 Å². The summed E-state index contributed by atoms with van der Waals surface area (Å²) in [6, 6.07) is 11.6. The predicted molar refractivity (Wildman–Crippen MR) is 124 cm³/mol. The summed E-state index contributed by atoms with van der Waals surface area (Å²) in [5.74, 6) is -0.531. The first-order valence-electron chi connectivity index (χ1n) is 9.89. The lowest BCUT2D eigenvalue weighted by molar-refractivity contribution is -0.113. The Labute approximate surface area is 188 Å². The number of aryl methyl sites for hydroxylation is 2. The summed E-state index contributed by atoms with van der Waals surface area (Å²) < 4.78 is 14.7. The third-order valence-electron chi connectivity index (χ3n) is 4.81. The van der Waals surface area contributed by atoms with E-state index < -0.39 is 0 Å². The van der Waals surface area contributed by atoms with Crippen LogP contribution in [0.2, 0.25) is 0 Å². The smallest absolute Gasteiger partial charge is 0.272 e. The number of hydrogen-bond donors (Lipinski definition) is 1. The van der Waals surface area contributed by atoms with Crippen molar-refractivity contribution < 1.29 is 9.18 Å². The van der Waals surface area contributed by atoms with Gasteiger partial charge in [-0.25, -0.2) is 9.37 Å². The van der Waals surface area contributed by atoms with Gasteiger partial charge >= 0.3 is 0 Å². The van der Waals surface area contributed by atoms with Gasteiger partial charge in [0.05, 0.1) is 22.0 Å². The zero-order chi connectivity index (χ0) is 22.1. The molecule has 0 aliphatic carbocycles. The number of nitrogens with one attached hydrogen (secondary N) is 1. The number of anilines is 1. The molecule has 2 aromatic carbocycles. The van der Waals surface area contributed by atoms with Crippen LogP contribution >= 0.6 is 23.5 Å². The molecule has 4 rings (SSSR count). The number of thioether (sulfide) groups is 2.